The van der Waals surface area contributed by atoms with Crippen LogP contribution in [0.4, 0.5) is 0 Å². The van der Waals surface area contributed by atoms with Crippen LogP contribution in [0.15, 0.2) is 18.3 Å². The molecule has 0 amide bonds. The summed E-state index contributed by atoms with van der Waals surface area (Å²) in [6, 6.07) is 4.18. The van der Waals surface area contributed by atoms with Crippen LogP contribution >= 0.6 is 23.4 Å². The van der Waals surface area contributed by atoms with Gasteiger partial charge >= 0.3 is 0 Å². The van der Waals surface area contributed by atoms with E-state index in [1.54, 1.807) is 6.20 Å². The lowest BCUT2D eigenvalue weighted by Crippen LogP contribution is -2.21. The Hall–Kier alpha value is -0.250. The number of thioether (sulfide) groups is 1. The predicted molar refractivity (Wildman–Crippen MR) is 63.7 cm³/mol. The summed E-state index contributed by atoms with van der Waals surface area (Å²) in [7, 11) is 0. The molecule has 14 heavy (non-hydrogen) atoms. The lowest BCUT2D eigenvalue weighted by atomic mass is 10.3. The van der Waals surface area contributed by atoms with E-state index in [0.717, 1.165) is 17.9 Å². The van der Waals surface area contributed by atoms with E-state index in [-0.39, 0.29) is 0 Å². The van der Waals surface area contributed by atoms with Crippen molar-refractivity contribution in [2.45, 2.75) is 25.1 Å². The van der Waals surface area contributed by atoms with Crippen LogP contribution < -0.4 is 5.73 Å². The quantitative estimate of drug-likeness (QED) is 0.791. The Balaban J connectivity index is 2.31. The Morgan fingerprint density at radius 1 is 1.64 bits per heavy atom. The molecule has 0 aliphatic heterocycles. The molecule has 2 nitrogen and oxygen atoms in total. The summed E-state index contributed by atoms with van der Waals surface area (Å²) in [6.45, 7) is 2.11. The predicted octanol–water partition coefficient (Wildman–Crippen LogP) is 2.71. The van der Waals surface area contributed by atoms with Crippen LogP contribution in [-0.2, 0) is 5.75 Å². The van der Waals surface area contributed by atoms with Crippen LogP contribution in [0.3, 0.4) is 0 Å². The lowest BCUT2D eigenvalue weighted by molar-refractivity contribution is 0.725. The van der Waals surface area contributed by atoms with Gasteiger partial charge in [0, 0.05) is 23.7 Å². The third-order valence-electron chi connectivity index (χ3n) is 1.92. The van der Waals surface area contributed by atoms with Crippen molar-refractivity contribution in [3.63, 3.8) is 0 Å². The van der Waals surface area contributed by atoms with Crippen molar-refractivity contribution in [3.8, 4) is 0 Å². The molecule has 0 bridgehead atoms. The summed E-state index contributed by atoms with van der Waals surface area (Å²) in [5.41, 5.74) is 7.01. The molecule has 0 aliphatic carbocycles. The minimum Gasteiger partial charge on any atom is -0.327 e. The maximum absolute atomic E-state index is 5.81. The van der Waals surface area contributed by atoms with Crippen molar-refractivity contribution in [1.82, 2.24) is 4.98 Å². The first-order valence-electron chi connectivity index (χ1n) is 4.66. The van der Waals surface area contributed by atoms with E-state index in [1.807, 2.05) is 23.9 Å². The summed E-state index contributed by atoms with van der Waals surface area (Å²) >= 11 is 7.60. The number of nitrogens with two attached hydrogens (primary N) is 1. The maximum Gasteiger partial charge on any atom is 0.129 e. The van der Waals surface area contributed by atoms with E-state index in [4.69, 9.17) is 17.3 Å². The van der Waals surface area contributed by atoms with Crippen LogP contribution in [0, 0.1) is 0 Å². The molecule has 1 aromatic rings. The first kappa shape index (κ1) is 11.8. The highest BCUT2D eigenvalue weighted by molar-refractivity contribution is 7.98. The van der Waals surface area contributed by atoms with E-state index < -0.39 is 0 Å². The van der Waals surface area contributed by atoms with Gasteiger partial charge in [0.1, 0.15) is 5.15 Å². The van der Waals surface area contributed by atoms with Crippen molar-refractivity contribution in [2.75, 3.05) is 5.75 Å². The van der Waals surface area contributed by atoms with Gasteiger partial charge in [0.25, 0.3) is 0 Å². The molecule has 0 spiro atoms. The van der Waals surface area contributed by atoms with Crippen molar-refractivity contribution in [3.05, 3.63) is 29.0 Å². The molecule has 0 saturated carbocycles. The van der Waals surface area contributed by atoms with Gasteiger partial charge < -0.3 is 5.73 Å². The lowest BCUT2D eigenvalue weighted by Gasteiger charge is -2.07. The molecule has 4 heteroatoms. The largest absolute Gasteiger partial charge is 0.327 e. The summed E-state index contributed by atoms with van der Waals surface area (Å²) in [5.74, 6) is 1.95. The maximum atomic E-state index is 5.81. The standard InChI is InChI=1S/C10H15ClN2S/c1-2-9(12)7-14-6-8-3-4-13-10(11)5-8/h3-5,9H,2,6-7,12H2,1H3. The van der Waals surface area contributed by atoms with E-state index in [9.17, 15) is 0 Å². The van der Waals surface area contributed by atoms with Gasteiger partial charge in [-0.05, 0) is 24.1 Å². The summed E-state index contributed by atoms with van der Waals surface area (Å²) in [4.78, 5) is 3.93. The number of hydrogen-bond acceptors (Lipinski definition) is 3. The highest BCUT2D eigenvalue weighted by Gasteiger charge is 2.00. The number of pyridine rings is 1. The van der Waals surface area contributed by atoms with Gasteiger partial charge in [-0.3, -0.25) is 0 Å². The van der Waals surface area contributed by atoms with Crippen LogP contribution in [0.25, 0.3) is 0 Å². The van der Waals surface area contributed by atoms with Gasteiger partial charge in [0.05, 0.1) is 0 Å². The molecule has 1 atom stereocenters. The van der Waals surface area contributed by atoms with Crippen LogP contribution in [0.5, 0.6) is 0 Å². The van der Waals surface area contributed by atoms with Crippen LogP contribution in [0.1, 0.15) is 18.9 Å². The van der Waals surface area contributed by atoms with E-state index >= 15 is 0 Å². The molecule has 1 rings (SSSR count). The second-order valence-corrected chi connectivity index (χ2v) is 4.59. The van der Waals surface area contributed by atoms with Gasteiger partial charge in [-0.2, -0.15) is 11.8 Å². The van der Waals surface area contributed by atoms with Crippen molar-refractivity contribution in [1.29, 1.82) is 0 Å². The van der Waals surface area contributed by atoms with E-state index in [1.165, 1.54) is 5.56 Å². The van der Waals surface area contributed by atoms with Crippen LogP contribution in [0.2, 0.25) is 5.15 Å². The first-order chi connectivity index (χ1) is 6.72. The minimum atomic E-state index is 0.303. The number of hydrogen-bond donors (Lipinski definition) is 1. The molecule has 0 radical (unpaired) electrons. The molecular formula is C10H15ClN2S. The molecule has 1 unspecified atom stereocenters. The normalized spacial score (nSPS) is 12.8. The molecule has 2 N–H and O–H groups in total. The zero-order valence-corrected chi connectivity index (χ0v) is 9.81. The molecule has 78 valence electrons. The Morgan fingerprint density at radius 2 is 2.43 bits per heavy atom. The smallest absolute Gasteiger partial charge is 0.129 e. The second-order valence-electron chi connectivity index (χ2n) is 3.17. The monoisotopic (exact) mass is 230 g/mol. The number of aromatic nitrogens is 1. The Bertz CT molecular complexity index is 281. The number of nitrogens with zero attached hydrogens (tertiary/aromatic N) is 1. The minimum absolute atomic E-state index is 0.303. The van der Waals surface area contributed by atoms with Gasteiger partial charge in [0.15, 0.2) is 0 Å². The van der Waals surface area contributed by atoms with Gasteiger partial charge in [-0.25, -0.2) is 4.98 Å². The van der Waals surface area contributed by atoms with Gasteiger partial charge in [-0.15, -0.1) is 0 Å². The number of halogens is 1. The fraction of sp³-hybridized carbons (Fsp3) is 0.500. The van der Waals surface area contributed by atoms with Gasteiger partial charge in [0.2, 0.25) is 0 Å². The highest BCUT2D eigenvalue weighted by atomic mass is 35.5. The van der Waals surface area contributed by atoms with Crippen LogP contribution in [-0.4, -0.2) is 16.8 Å². The third-order valence-corrected chi connectivity index (χ3v) is 3.32. The fourth-order valence-corrected chi connectivity index (χ4v) is 2.25. The molecule has 0 aliphatic rings. The zero-order chi connectivity index (χ0) is 10.4. The molecule has 0 fully saturated rings. The Labute approximate surface area is 94.2 Å². The average molecular weight is 231 g/mol. The fourth-order valence-electron chi connectivity index (χ4n) is 0.978. The van der Waals surface area contributed by atoms with Crippen molar-refractivity contribution in [2.24, 2.45) is 5.73 Å². The topological polar surface area (TPSA) is 38.9 Å². The first-order valence-corrected chi connectivity index (χ1v) is 6.19. The van der Waals surface area contributed by atoms with Crippen molar-refractivity contribution >= 4 is 23.4 Å². The SMILES string of the molecule is CCC(N)CSCc1ccnc(Cl)c1. The van der Waals surface area contributed by atoms with Crippen molar-refractivity contribution < 1.29 is 0 Å². The summed E-state index contributed by atoms with van der Waals surface area (Å²) < 4.78 is 0. The highest BCUT2D eigenvalue weighted by Crippen LogP contribution is 2.15. The summed E-state index contributed by atoms with van der Waals surface area (Å²) in [6.07, 6.45) is 2.77. The molecule has 0 saturated heterocycles. The van der Waals surface area contributed by atoms with E-state index in [2.05, 4.69) is 11.9 Å². The third kappa shape index (κ3) is 4.31. The molecular weight excluding hydrogens is 216 g/mol. The molecule has 1 aromatic heterocycles. The molecule has 0 aromatic carbocycles. The summed E-state index contributed by atoms with van der Waals surface area (Å²) in [5, 5.41) is 0.558. The van der Waals surface area contributed by atoms with Gasteiger partial charge in [-0.1, -0.05) is 18.5 Å². The van der Waals surface area contributed by atoms with E-state index in [0.29, 0.717) is 11.2 Å². The zero-order valence-electron chi connectivity index (χ0n) is 8.24. The average Bonchev–Trinajstić information content (AvgIpc) is 2.17. The Morgan fingerprint density at radius 3 is 3.07 bits per heavy atom. The Kier molecular flexibility index (Phi) is 5.30. The second kappa shape index (κ2) is 6.27. The molecule has 1 heterocycles. The number of rotatable bonds is 5.